The van der Waals surface area contributed by atoms with E-state index >= 15 is 0 Å². The van der Waals surface area contributed by atoms with E-state index in [1.165, 1.54) is 17.4 Å². The summed E-state index contributed by atoms with van der Waals surface area (Å²) in [5.74, 6) is 0.0488. The molecule has 0 saturated carbocycles. The highest BCUT2D eigenvalue weighted by Crippen LogP contribution is 2.26. The Kier molecular flexibility index (Phi) is 3.69. The molecule has 0 fully saturated rings. The van der Waals surface area contributed by atoms with Crippen LogP contribution in [0, 0.1) is 13.8 Å². The lowest BCUT2D eigenvalue weighted by Gasteiger charge is -2.21. The zero-order valence-electron chi connectivity index (χ0n) is 11.0. The first-order valence-corrected chi connectivity index (χ1v) is 5.94. The quantitative estimate of drug-likeness (QED) is 0.779. The summed E-state index contributed by atoms with van der Waals surface area (Å²) in [4.78, 5) is 13.9. The van der Waals surface area contributed by atoms with Gasteiger partial charge < -0.3 is 4.42 Å². The number of carbonyl (C=O) groups is 1. The molecular weight excluding hydrogens is 238 g/mol. The summed E-state index contributed by atoms with van der Waals surface area (Å²) in [5, 5.41) is 0. The number of nitrogens with zero attached hydrogens (tertiary/aromatic N) is 1. The van der Waals surface area contributed by atoms with Crippen LogP contribution in [0.3, 0.4) is 0 Å². The highest BCUT2D eigenvalue weighted by molar-refractivity contribution is 6.06. The molecule has 0 atom stereocenters. The van der Waals surface area contributed by atoms with Gasteiger partial charge in [0.25, 0.3) is 5.91 Å². The molecular formula is C16H15NO2. The predicted molar refractivity (Wildman–Crippen MR) is 75.1 cm³/mol. The third-order valence-electron chi connectivity index (χ3n) is 2.85. The van der Waals surface area contributed by atoms with Crippen LogP contribution in [0.5, 0.6) is 0 Å². The summed E-state index contributed by atoms with van der Waals surface area (Å²) >= 11 is 0. The van der Waals surface area contributed by atoms with E-state index in [9.17, 15) is 4.79 Å². The Bertz CT molecular complexity index is 615. The monoisotopic (exact) mass is 253 g/mol. The van der Waals surface area contributed by atoms with Gasteiger partial charge in [0, 0.05) is 0 Å². The fourth-order valence-electron chi connectivity index (χ4n) is 2.02. The fourth-order valence-corrected chi connectivity index (χ4v) is 2.02. The molecule has 96 valence electrons. The van der Waals surface area contributed by atoms with Crippen molar-refractivity contribution in [2.75, 3.05) is 4.90 Å². The third-order valence-corrected chi connectivity index (χ3v) is 2.85. The Morgan fingerprint density at radius 3 is 2.47 bits per heavy atom. The number of aryl methyl sites for hydroxylation is 2. The lowest BCUT2D eigenvalue weighted by atomic mass is 10.1. The van der Waals surface area contributed by atoms with Gasteiger partial charge in [0.1, 0.15) is 0 Å². The molecule has 0 bridgehead atoms. The molecule has 0 saturated heterocycles. The van der Waals surface area contributed by atoms with Crippen molar-refractivity contribution in [2.24, 2.45) is 0 Å². The van der Waals surface area contributed by atoms with Crippen LogP contribution >= 0.6 is 0 Å². The van der Waals surface area contributed by atoms with E-state index in [1.807, 2.05) is 32.0 Å². The van der Waals surface area contributed by atoms with Gasteiger partial charge in [0.2, 0.25) is 0 Å². The molecule has 0 aliphatic heterocycles. The number of anilines is 1. The molecule has 1 amide bonds. The average molecular weight is 253 g/mol. The predicted octanol–water partition coefficient (Wildman–Crippen LogP) is 3.84. The smallest absolute Gasteiger partial charge is 0.298 e. The number of benzene rings is 1. The van der Waals surface area contributed by atoms with Crippen molar-refractivity contribution in [3.8, 4) is 0 Å². The van der Waals surface area contributed by atoms with E-state index in [-0.39, 0.29) is 11.7 Å². The Morgan fingerprint density at radius 2 is 1.95 bits per heavy atom. The summed E-state index contributed by atoms with van der Waals surface area (Å²) in [5.41, 5.74) is 5.50. The Morgan fingerprint density at radius 1 is 1.26 bits per heavy atom. The minimum absolute atomic E-state index is 0.237. The topological polar surface area (TPSA) is 33.5 Å². The van der Waals surface area contributed by atoms with Crippen molar-refractivity contribution in [3.63, 3.8) is 0 Å². The zero-order chi connectivity index (χ0) is 13.8. The molecule has 3 heteroatoms. The fraction of sp³-hybridized carbons (Fsp3) is 0.125. The maximum absolute atomic E-state index is 12.4. The zero-order valence-corrected chi connectivity index (χ0v) is 11.0. The van der Waals surface area contributed by atoms with Crippen molar-refractivity contribution >= 4 is 11.6 Å². The highest BCUT2D eigenvalue weighted by Gasteiger charge is 2.20. The van der Waals surface area contributed by atoms with Crippen LogP contribution in [0.25, 0.3) is 0 Å². The summed E-state index contributed by atoms with van der Waals surface area (Å²) in [7, 11) is 0. The van der Waals surface area contributed by atoms with Gasteiger partial charge in [0.15, 0.2) is 5.76 Å². The largest absolute Gasteiger partial charge is 0.459 e. The van der Waals surface area contributed by atoms with Gasteiger partial charge in [-0.2, -0.15) is 0 Å². The molecule has 1 aromatic heterocycles. The number of hydrogen-bond acceptors (Lipinski definition) is 2. The standard InChI is InChI=1S/C16H15NO2/c1-4-10-17(16(18)14-9-6-11-19-14)15-12(2)7-5-8-13(15)3/h5-11H,1H2,2-3H3. The first-order valence-electron chi connectivity index (χ1n) is 5.94. The second-order valence-electron chi connectivity index (χ2n) is 4.23. The number of para-hydroxylation sites is 1. The minimum atomic E-state index is -0.237. The number of amides is 1. The van der Waals surface area contributed by atoms with Gasteiger partial charge in [-0.1, -0.05) is 24.8 Å². The van der Waals surface area contributed by atoms with E-state index in [1.54, 1.807) is 12.1 Å². The molecule has 0 radical (unpaired) electrons. The normalized spacial score (nSPS) is 9.79. The number of furan rings is 1. The second kappa shape index (κ2) is 5.42. The van der Waals surface area contributed by atoms with Crippen LogP contribution < -0.4 is 4.90 Å². The maximum atomic E-state index is 12.4. The third kappa shape index (κ3) is 2.51. The van der Waals surface area contributed by atoms with Crippen molar-refractivity contribution in [3.05, 3.63) is 72.0 Å². The molecule has 0 spiro atoms. The van der Waals surface area contributed by atoms with E-state index in [2.05, 4.69) is 12.3 Å². The van der Waals surface area contributed by atoms with E-state index in [0.29, 0.717) is 0 Å². The minimum Gasteiger partial charge on any atom is -0.459 e. The second-order valence-corrected chi connectivity index (χ2v) is 4.23. The van der Waals surface area contributed by atoms with Crippen LogP contribution in [0.4, 0.5) is 5.69 Å². The van der Waals surface area contributed by atoms with Crippen molar-refractivity contribution in [1.82, 2.24) is 0 Å². The summed E-state index contributed by atoms with van der Waals surface area (Å²) < 4.78 is 5.16. The molecule has 0 unspecified atom stereocenters. The van der Waals surface area contributed by atoms with Crippen LogP contribution in [0.15, 0.2) is 59.5 Å². The van der Waals surface area contributed by atoms with Gasteiger partial charge in [0.05, 0.1) is 18.2 Å². The molecule has 2 rings (SSSR count). The number of carbonyl (C=O) groups excluding carboxylic acids is 1. The Labute approximate surface area is 112 Å². The van der Waals surface area contributed by atoms with Crippen LogP contribution in [-0.4, -0.2) is 5.91 Å². The first kappa shape index (κ1) is 12.9. The number of rotatable bonds is 3. The molecule has 2 aromatic rings. The SMILES string of the molecule is C=C=CN(C(=O)c1ccco1)c1c(C)cccc1C. The Hall–Kier alpha value is -2.51. The van der Waals surface area contributed by atoms with E-state index in [0.717, 1.165) is 16.8 Å². The molecule has 0 aliphatic rings. The van der Waals surface area contributed by atoms with E-state index < -0.39 is 0 Å². The van der Waals surface area contributed by atoms with Crippen LogP contribution in [-0.2, 0) is 0 Å². The lowest BCUT2D eigenvalue weighted by molar-refractivity contribution is 0.0971. The molecule has 1 heterocycles. The summed E-state index contributed by atoms with van der Waals surface area (Å²) in [6.45, 7) is 7.46. The number of hydrogen-bond donors (Lipinski definition) is 0. The van der Waals surface area contributed by atoms with Crippen LogP contribution in [0.2, 0.25) is 0 Å². The summed E-state index contributed by atoms with van der Waals surface area (Å²) in [6.07, 6.45) is 3.01. The van der Waals surface area contributed by atoms with Gasteiger partial charge in [-0.15, -0.1) is 5.73 Å². The van der Waals surface area contributed by atoms with Gasteiger partial charge in [-0.25, -0.2) is 0 Å². The molecule has 19 heavy (non-hydrogen) atoms. The molecule has 0 N–H and O–H groups in total. The summed E-state index contributed by atoms with van der Waals surface area (Å²) in [6, 6.07) is 9.21. The van der Waals surface area contributed by atoms with Gasteiger partial charge in [-0.05, 0) is 37.1 Å². The van der Waals surface area contributed by atoms with Gasteiger partial charge >= 0.3 is 0 Å². The van der Waals surface area contributed by atoms with Crippen molar-refractivity contribution in [1.29, 1.82) is 0 Å². The van der Waals surface area contributed by atoms with E-state index in [4.69, 9.17) is 4.42 Å². The first-order chi connectivity index (χ1) is 9.15. The Balaban J connectivity index is 2.52. The van der Waals surface area contributed by atoms with Crippen molar-refractivity contribution in [2.45, 2.75) is 13.8 Å². The van der Waals surface area contributed by atoms with Crippen LogP contribution in [0.1, 0.15) is 21.7 Å². The average Bonchev–Trinajstić information content (AvgIpc) is 2.90. The van der Waals surface area contributed by atoms with Crippen molar-refractivity contribution < 1.29 is 9.21 Å². The maximum Gasteiger partial charge on any atom is 0.298 e. The molecule has 1 aromatic carbocycles. The highest BCUT2D eigenvalue weighted by atomic mass is 16.3. The molecule has 0 aliphatic carbocycles. The van der Waals surface area contributed by atoms with Gasteiger partial charge in [-0.3, -0.25) is 9.69 Å². The lowest BCUT2D eigenvalue weighted by Crippen LogP contribution is -2.26. The molecule has 3 nitrogen and oxygen atoms in total.